The summed E-state index contributed by atoms with van der Waals surface area (Å²) in [7, 11) is 0. The van der Waals surface area contributed by atoms with E-state index in [1.165, 1.54) is 5.56 Å². The average Bonchev–Trinajstić information content (AvgIpc) is 2.39. The van der Waals surface area contributed by atoms with Gasteiger partial charge in [-0.3, -0.25) is 4.98 Å². The zero-order valence-corrected chi connectivity index (χ0v) is 11.6. The van der Waals surface area contributed by atoms with Gasteiger partial charge < -0.3 is 11.1 Å². The summed E-state index contributed by atoms with van der Waals surface area (Å²) in [6.45, 7) is 2.75. The Labute approximate surface area is 118 Å². The molecule has 0 aliphatic rings. The summed E-state index contributed by atoms with van der Waals surface area (Å²) in [5.41, 5.74) is 8.83. The number of thiocarbonyl (C=S) groups is 1. The Morgan fingerprint density at radius 2 is 2.00 bits per heavy atom. The van der Waals surface area contributed by atoms with Crippen molar-refractivity contribution < 1.29 is 0 Å². The van der Waals surface area contributed by atoms with Gasteiger partial charge in [0.2, 0.25) is 0 Å². The van der Waals surface area contributed by atoms with Gasteiger partial charge in [-0.05, 0) is 42.7 Å². The molecular weight excluding hydrogens is 256 g/mol. The van der Waals surface area contributed by atoms with Crippen LogP contribution in [0, 0.1) is 6.92 Å². The van der Waals surface area contributed by atoms with E-state index in [1.54, 1.807) is 18.6 Å². The lowest BCUT2D eigenvalue weighted by Gasteiger charge is -2.12. The first-order chi connectivity index (χ1) is 9.18. The Morgan fingerprint density at radius 1 is 1.26 bits per heavy atom. The molecule has 0 aliphatic heterocycles. The molecule has 0 saturated carbocycles. The molecule has 0 radical (unpaired) electrons. The molecule has 0 aromatic carbocycles. The van der Waals surface area contributed by atoms with Crippen molar-refractivity contribution in [2.24, 2.45) is 5.73 Å². The van der Waals surface area contributed by atoms with Gasteiger partial charge in [0.05, 0.1) is 5.56 Å². The van der Waals surface area contributed by atoms with Crippen molar-refractivity contribution in [3.05, 3.63) is 53.5 Å². The molecule has 0 fully saturated rings. The number of anilines is 1. The number of pyridine rings is 2. The molecule has 0 unspecified atom stereocenters. The van der Waals surface area contributed by atoms with Gasteiger partial charge in [-0.2, -0.15) is 0 Å². The summed E-state index contributed by atoms with van der Waals surface area (Å²) < 4.78 is 0. The summed E-state index contributed by atoms with van der Waals surface area (Å²) >= 11 is 5.07. The van der Waals surface area contributed by atoms with Gasteiger partial charge in [0, 0.05) is 25.1 Å². The van der Waals surface area contributed by atoms with Gasteiger partial charge in [-0.1, -0.05) is 12.2 Å². The van der Waals surface area contributed by atoms with Crippen molar-refractivity contribution in [3.63, 3.8) is 0 Å². The number of aryl methyl sites for hydroxylation is 1. The molecule has 5 heteroatoms. The molecule has 0 saturated heterocycles. The number of rotatable bonds is 5. The van der Waals surface area contributed by atoms with E-state index >= 15 is 0 Å². The predicted octanol–water partition coefficient (Wildman–Crippen LogP) is 2.07. The van der Waals surface area contributed by atoms with Crippen LogP contribution in [0.5, 0.6) is 0 Å². The van der Waals surface area contributed by atoms with E-state index in [-0.39, 0.29) is 0 Å². The van der Waals surface area contributed by atoms with E-state index in [4.69, 9.17) is 18.0 Å². The van der Waals surface area contributed by atoms with Gasteiger partial charge in [0.15, 0.2) is 0 Å². The first-order valence-corrected chi connectivity index (χ1v) is 6.47. The molecule has 2 aromatic rings. The van der Waals surface area contributed by atoms with Crippen LogP contribution in [-0.2, 0) is 6.42 Å². The first-order valence-electron chi connectivity index (χ1n) is 6.06. The normalized spacial score (nSPS) is 10.2. The minimum atomic E-state index is 0.372. The molecule has 0 amide bonds. The summed E-state index contributed by atoms with van der Waals surface area (Å²) in [6, 6.07) is 5.90. The minimum Gasteiger partial charge on any atom is -0.389 e. The highest BCUT2D eigenvalue weighted by Gasteiger charge is 2.09. The van der Waals surface area contributed by atoms with Gasteiger partial charge in [0.25, 0.3) is 0 Å². The minimum absolute atomic E-state index is 0.372. The third-order valence-electron chi connectivity index (χ3n) is 2.86. The van der Waals surface area contributed by atoms with Crippen LogP contribution >= 0.6 is 12.2 Å². The van der Waals surface area contributed by atoms with Crippen molar-refractivity contribution >= 4 is 23.0 Å². The lowest BCUT2D eigenvalue weighted by molar-refractivity contribution is 0.998. The van der Waals surface area contributed by atoms with Crippen molar-refractivity contribution in [3.8, 4) is 0 Å². The fourth-order valence-corrected chi connectivity index (χ4v) is 2.14. The second-order valence-corrected chi connectivity index (χ2v) is 4.69. The summed E-state index contributed by atoms with van der Waals surface area (Å²) in [5.74, 6) is 0.751. The molecule has 0 aliphatic carbocycles. The number of hydrogen-bond acceptors (Lipinski definition) is 4. The van der Waals surface area contributed by atoms with E-state index in [2.05, 4.69) is 15.3 Å². The van der Waals surface area contributed by atoms with Crippen LogP contribution < -0.4 is 11.1 Å². The maximum Gasteiger partial charge on any atom is 0.136 e. The number of nitrogens with two attached hydrogens (primary N) is 1. The van der Waals surface area contributed by atoms with Crippen LogP contribution in [0.15, 0.2) is 36.8 Å². The second-order valence-electron chi connectivity index (χ2n) is 4.25. The Morgan fingerprint density at radius 3 is 2.68 bits per heavy atom. The largest absolute Gasteiger partial charge is 0.389 e. The molecule has 0 spiro atoms. The van der Waals surface area contributed by atoms with Crippen molar-refractivity contribution in [1.82, 2.24) is 9.97 Å². The molecular formula is C14H16N4S. The Hall–Kier alpha value is -2.01. The third kappa shape index (κ3) is 3.48. The lowest BCUT2D eigenvalue weighted by Crippen LogP contribution is -2.17. The lowest BCUT2D eigenvalue weighted by atomic mass is 10.1. The Bertz CT molecular complexity index is 569. The molecule has 2 rings (SSSR count). The zero-order valence-electron chi connectivity index (χ0n) is 10.8. The van der Waals surface area contributed by atoms with E-state index in [1.807, 2.05) is 25.1 Å². The van der Waals surface area contributed by atoms with Crippen LogP contribution in [0.2, 0.25) is 0 Å². The van der Waals surface area contributed by atoms with Crippen LogP contribution in [-0.4, -0.2) is 21.5 Å². The van der Waals surface area contributed by atoms with Crippen LogP contribution in [0.1, 0.15) is 16.7 Å². The number of nitrogens with zero attached hydrogens (tertiary/aromatic N) is 2. The van der Waals surface area contributed by atoms with Gasteiger partial charge in [0.1, 0.15) is 10.8 Å². The summed E-state index contributed by atoms with van der Waals surface area (Å²) in [4.78, 5) is 8.67. The molecule has 19 heavy (non-hydrogen) atoms. The highest BCUT2D eigenvalue weighted by Crippen LogP contribution is 2.16. The van der Waals surface area contributed by atoms with Gasteiger partial charge >= 0.3 is 0 Å². The fraction of sp³-hybridized carbons (Fsp3) is 0.214. The number of nitrogens with one attached hydrogen (secondary N) is 1. The topological polar surface area (TPSA) is 63.8 Å². The molecule has 0 bridgehead atoms. The quantitative estimate of drug-likeness (QED) is 0.816. The van der Waals surface area contributed by atoms with E-state index < -0.39 is 0 Å². The molecule has 3 N–H and O–H groups in total. The molecule has 4 nitrogen and oxygen atoms in total. The zero-order chi connectivity index (χ0) is 13.7. The molecule has 98 valence electrons. The highest BCUT2D eigenvalue weighted by molar-refractivity contribution is 7.80. The number of hydrogen-bond donors (Lipinski definition) is 2. The Balaban J connectivity index is 2.04. The van der Waals surface area contributed by atoms with Crippen molar-refractivity contribution in [1.29, 1.82) is 0 Å². The standard InChI is InChI=1S/C14H16N4S/c1-10-2-8-17-14(12(10)13(15)19)18-9-5-11-3-6-16-7-4-11/h2-4,6-8H,5,9H2,1H3,(H2,15,19)(H,17,18). The van der Waals surface area contributed by atoms with Crippen LogP contribution in [0.25, 0.3) is 0 Å². The van der Waals surface area contributed by atoms with Crippen LogP contribution in [0.4, 0.5) is 5.82 Å². The molecule has 2 heterocycles. The van der Waals surface area contributed by atoms with Gasteiger partial charge in [-0.25, -0.2) is 4.98 Å². The van der Waals surface area contributed by atoms with E-state index in [0.29, 0.717) is 4.99 Å². The fourth-order valence-electron chi connectivity index (χ4n) is 1.88. The van der Waals surface area contributed by atoms with E-state index in [9.17, 15) is 0 Å². The van der Waals surface area contributed by atoms with Crippen molar-refractivity contribution in [2.75, 3.05) is 11.9 Å². The monoisotopic (exact) mass is 272 g/mol. The number of aromatic nitrogens is 2. The Kier molecular flexibility index (Phi) is 4.41. The molecule has 0 atom stereocenters. The SMILES string of the molecule is Cc1ccnc(NCCc2ccncc2)c1C(N)=S. The smallest absolute Gasteiger partial charge is 0.136 e. The maximum atomic E-state index is 5.74. The van der Waals surface area contributed by atoms with E-state index in [0.717, 1.165) is 29.9 Å². The summed E-state index contributed by atoms with van der Waals surface area (Å²) in [6.07, 6.45) is 6.24. The van der Waals surface area contributed by atoms with Crippen molar-refractivity contribution in [2.45, 2.75) is 13.3 Å². The summed E-state index contributed by atoms with van der Waals surface area (Å²) in [5, 5.41) is 3.28. The maximum absolute atomic E-state index is 5.74. The average molecular weight is 272 g/mol. The van der Waals surface area contributed by atoms with Crippen LogP contribution in [0.3, 0.4) is 0 Å². The van der Waals surface area contributed by atoms with Gasteiger partial charge in [-0.15, -0.1) is 0 Å². The second kappa shape index (κ2) is 6.24. The first kappa shape index (κ1) is 13.4. The third-order valence-corrected chi connectivity index (χ3v) is 3.07. The molecule has 2 aromatic heterocycles. The highest BCUT2D eigenvalue weighted by atomic mass is 32.1. The predicted molar refractivity (Wildman–Crippen MR) is 81.3 cm³/mol.